The molecule has 1 aromatic heterocycles. The van der Waals surface area contributed by atoms with Crippen LogP contribution in [0.15, 0.2) is 47.8 Å². The molecule has 2 heterocycles. The number of imide groups is 1. The average Bonchev–Trinajstić information content (AvgIpc) is 3.01. The van der Waals surface area contributed by atoms with Gasteiger partial charge in [0.15, 0.2) is 6.04 Å². The Balaban J connectivity index is 1.56. The zero-order chi connectivity index (χ0) is 19.2. The van der Waals surface area contributed by atoms with Crippen LogP contribution in [0.4, 0.5) is 4.79 Å². The monoisotopic (exact) mass is 385 g/mol. The van der Waals surface area contributed by atoms with E-state index in [9.17, 15) is 14.5 Å². The summed E-state index contributed by atoms with van der Waals surface area (Å²) in [6.45, 7) is 2.13. The van der Waals surface area contributed by atoms with Crippen molar-refractivity contribution >= 4 is 22.9 Å². The van der Waals surface area contributed by atoms with E-state index in [0.29, 0.717) is 17.9 Å². The Morgan fingerprint density at radius 2 is 1.93 bits per heavy atom. The summed E-state index contributed by atoms with van der Waals surface area (Å²) in [5.74, 6) is 0.337. The predicted molar refractivity (Wildman–Crippen MR) is 103 cm³/mol. The third-order valence-corrected chi connectivity index (χ3v) is 5.23. The number of hydrogen-bond donors (Lipinski definition) is 1. The molecule has 27 heavy (non-hydrogen) atoms. The van der Waals surface area contributed by atoms with Crippen LogP contribution in [0.5, 0.6) is 5.75 Å². The van der Waals surface area contributed by atoms with E-state index in [1.165, 1.54) is 0 Å². The van der Waals surface area contributed by atoms with Crippen LogP contribution >= 0.6 is 11.8 Å². The number of carbonyl (C=O) groups excluding carboxylic acids is 2. The standard InChI is InChI=1S/C19H19N3O4S/c1-2-12-5-8-15(20-10-12)16(22-25)11-26-14-6-3-13(4-7-14)9-17-18(23)21-19(24)27-17/h3-8,10,16-17H,2,9,11H2,1H3,(H,21,23,24). The van der Waals surface area contributed by atoms with Crippen molar-refractivity contribution < 1.29 is 14.3 Å². The molecule has 2 unspecified atom stereocenters. The van der Waals surface area contributed by atoms with Crippen molar-refractivity contribution in [3.05, 3.63) is 64.3 Å². The highest BCUT2D eigenvalue weighted by atomic mass is 32.2. The Bertz CT molecular complexity index is 824. The molecule has 1 aliphatic rings. The third kappa shape index (κ3) is 4.91. The topological polar surface area (TPSA) is 97.7 Å². The number of nitroso groups, excluding NO2 is 1. The Labute approximate surface area is 160 Å². The summed E-state index contributed by atoms with van der Waals surface area (Å²) in [6.07, 6.45) is 3.09. The van der Waals surface area contributed by atoms with Gasteiger partial charge in [-0.3, -0.25) is 19.9 Å². The molecular formula is C19H19N3O4S. The molecule has 8 heteroatoms. The lowest BCUT2D eigenvalue weighted by Crippen LogP contribution is -2.25. The first-order valence-electron chi connectivity index (χ1n) is 8.59. The lowest BCUT2D eigenvalue weighted by atomic mass is 10.1. The van der Waals surface area contributed by atoms with Gasteiger partial charge < -0.3 is 4.74 Å². The summed E-state index contributed by atoms with van der Waals surface area (Å²) in [4.78, 5) is 38.3. The number of benzene rings is 1. The number of ether oxygens (including phenoxy) is 1. The van der Waals surface area contributed by atoms with Gasteiger partial charge in [0.05, 0.1) is 10.9 Å². The van der Waals surface area contributed by atoms with Gasteiger partial charge in [-0.15, -0.1) is 4.91 Å². The fourth-order valence-electron chi connectivity index (χ4n) is 2.65. The van der Waals surface area contributed by atoms with Crippen molar-refractivity contribution in [1.29, 1.82) is 0 Å². The van der Waals surface area contributed by atoms with E-state index >= 15 is 0 Å². The number of nitrogens with zero attached hydrogens (tertiary/aromatic N) is 2. The minimum absolute atomic E-state index is 0.0940. The van der Waals surface area contributed by atoms with E-state index in [2.05, 4.69) is 15.5 Å². The summed E-state index contributed by atoms with van der Waals surface area (Å²) in [5.41, 5.74) is 2.59. The number of aryl methyl sites for hydroxylation is 1. The lowest BCUT2D eigenvalue weighted by Gasteiger charge is -2.12. The molecule has 1 aliphatic heterocycles. The molecule has 2 atom stereocenters. The number of nitrogens with one attached hydrogen (secondary N) is 1. The zero-order valence-electron chi connectivity index (χ0n) is 14.8. The molecule has 0 bridgehead atoms. The minimum atomic E-state index is -0.680. The Morgan fingerprint density at radius 3 is 2.48 bits per heavy atom. The SMILES string of the molecule is CCc1ccc(C(COc2ccc(CC3SC(=O)NC3=O)cc2)N=O)nc1. The number of carbonyl (C=O) groups is 2. The molecule has 1 aromatic carbocycles. The van der Waals surface area contributed by atoms with Crippen LogP contribution in [0.25, 0.3) is 0 Å². The van der Waals surface area contributed by atoms with Crippen LogP contribution < -0.4 is 10.1 Å². The third-order valence-electron chi connectivity index (χ3n) is 4.24. The highest BCUT2D eigenvalue weighted by Crippen LogP contribution is 2.24. The Kier molecular flexibility index (Phi) is 6.18. The number of aromatic nitrogens is 1. The van der Waals surface area contributed by atoms with Crippen LogP contribution in [0.1, 0.15) is 29.8 Å². The summed E-state index contributed by atoms with van der Waals surface area (Å²) in [6, 6.07) is 10.3. The molecule has 0 radical (unpaired) electrons. The summed E-state index contributed by atoms with van der Waals surface area (Å²) < 4.78 is 5.66. The van der Waals surface area contributed by atoms with Crippen molar-refractivity contribution in [3.8, 4) is 5.75 Å². The van der Waals surface area contributed by atoms with Gasteiger partial charge in [0, 0.05) is 6.20 Å². The maximum absolute atomic E-state index is 11.6. The van der Waals surface area contributed by atoms with Gasteiger partial charge >= 0.3 is 0 Å². The first kappa shape index (κ1) is 19.0. The first-order valence-corrected chi connectivity index (χ1v) is 9.47. The van der Waals surface area contributed by atoms with E-state index in [4.69, 9.17) is 4.74 Å². The number of pyridine rings is 1. The van der Waals surface area contributed by atoms with Gasteiger partial charge in [0.2, 0.25) is 5.91 Å². The molecule has 140 valence electrons. The highest BCUT2D eigenvalue weighted by molar-refractivity contribution is 8.15. The molecule has 2 amide bonds. The first-order chi connectivity index (χ1) is 13.1. The minimum Gasteiger partial charge on any atom is -0.491 e. The van der Waals surface area contributed by atoms with Gasteiger partial charge in [-0.1, -0.05) is 42.1 Å². The van der Waals surface area contributed by atoms with Crippen LogP contribution in [-0.2, 0) is 17.6 Å². The van der Waals surface area contributed by atoms with Crippen LogP contribution in [-0.4, -0.2) is 28.0 Å². The molecular weight excluding hydrogens is 366 g/mol. The molecule has 1 N–H and O–H groups in total. The van der Waals surface area contributed by atoms with Crippen molar-refractivity contribution in [3.63, 3.8) is 0 Å². The summed E-state index contributed by atoms with van der Waals surface area (Å²) in [7, 11) is 0. The van der Waals surface area contributed by atoms with Crippen molar-refractivity contribution in [2.75, 3.05) is 6.61 Å². The Hall–Kier alpha value is -2.74. The second-order valence-electron chi connectivity index (χ2n) is 6.11. The van der Waals surface area contributed by atoms with Gasteiger partial charge in [-0.05, 0) is 42.2 Å². The molecule has 1 fully saturated rings. The molecule has 0 spiro atoms. The van der Waals surface area contributed by atoms with E-state index in [0.717, 1.165) is 29.3 Å². The number of thioether (sulfide) groups is 1. The van der Waals surface area contributed by atoms with Crippen molar-refractivity contribution in [2.45, 2.75) is 31.1 Å². The number of amides is 2. The fraction of sp³-hybridized carbons (Fsp3) is 0.316. The highest BCUT2D eigenvalue weighted by Gasteiger charge is 2.31. The van der Waals surface area contributed by atoms with E-state index in [-0.39, 0.29) is 17.8 Å². The quantitative estimate of drug-likeness (QED) is 0.699. The van der Waals surface area contributed by atoms with E-state index in [1.807, 2.05) is 25.1 Å². The predicted octanol–water partition coefficient (Wildman–Crippen LogP) is 3.42. The van der Waals surface area contributed by atoms with E-state index in [1.54, 1.807) is 24.4 Å². The average molecular weight is 385 g/mol. The second kappa shape index (κ2) is 8.77. The molecule has 0 saturated carbocycles. The van der Waals surface area contributed by atoms with Gasteiger partial charge in [0.25, 0.3) is 5.24 Å². The zero-order valence-corrected chi connectivity index (χ0v) is 15.6. The number of rotatable bonds is 8. The van der Waals surface area contributed by atoms with Crippen LogP contribution in [0.2, 0.25) is 0 Å². The molecule has 0 aliphatic carbocycles. The van der Waals surface area contributed by atoms with Gasteiger partial charge in [-0.2, -0.15) is 0 Å². The fourth-order valence-corrected chi connectivity index (χ4v) is 3.51. The molecule has 7 nitrogen and oxygen atoms in total. The van der Waals surface area contributed by atoms with Crippen LogP contribution in [0, 0.1) is 4.91 Å². The van der Waals surface area contributed by atoms with Crippen molar-refractivity contribution in [1.82, 2.24) is 10.3 Å². The summed E-state index contributed by atoms with van der Waals surface area (Å²) >= 11 is 1.01. The molecule has 3 rings (SSSR count). The van der Waals surface area contributed by atoms with Crippen LogP contribution in [0.3, 0.4) is 0 Å². The summed E-state index contributed by atoms with van der Waals surface area (Å²) in [5, 5.41) is 4.68. The van der Waals surface area contributed by atoms with Gasteiger partial charge in [-0.25, -0.2) is 0 Å². The maximum Gasteiger partial charge on any atom is 0.286 e. The van der Waals surface area contributed by atoms with Gasteiger partial charge in [0.1, 0.15) is 12.4 Å². The maximum atomic E-state index is 11.6. The largest absolute Gasteiger partial charge is 0.491 e. The smallest absolute Gasteiger partial charge is 0.286 e. The molecule has 1 saturated heterocycles. The Morgan fingerprint density at radius 1 is 1.19 bits per heavy atom. The van der Waals surface area contributed by atoms with Crippen molar-refractivity contribution in [2.24, 2.45) is 5.18 Å². The normalized spacial score (nSPS) is 17.4. The molecule has 2 aromatic rings. The van der Waals surface area contributed by atoms with E-state index < -0.39 is 11.3 Å². The lowest BCUT2D eigenvalue weighted by molar-refractivity contribution is -0.118. The second-order valence-corrected chi connectivity index (χ2v) is 7.28. The number of hydrogen-bond acceptors (Lipinski definition) is 7.